The van der Waals surface area contributed by atoms with Crippen molar-refractivity contribution in [1.82, 2.24) is 4.90 Å². The van der Waals surface area contributed by atoms with Gasteiger partial charge in [0.05, 0.1) is 18.7 Å². The lowest BCUT2D eigenvalue weighted by Gasteiger charge is -2.33. The van der Waals surface area contributed by atoms with Crippen LogP contribution in [0.4, 0.5) is 8.78 Å². The van der Waals surface area contributed by atoms with Gasteiger partial charge in [-0.15, -0.1) is 0 Å². The Balaban J connectivity index is 1.77. The van der Waals surface area contributed by atoms with Gasteiger partial charge in [0.2, 0.25) is 0 Å². The van der Waals surface area contributed by atoms with Crippen molar-refractivity contribution in [2.24, 2.45) is 0 Å². The molecule has 2 aromatic carbocycles. The van der Waals surface area contributed by atoms with Gasteiger partial charge in [0.15, 0.2) is 0 Å². The van der Waals surface area contributed by atoms with Crippen LogP contribution < -0.4 is 0 Å². The van der Waals surface area contributed by atoms with Gasteiger partial charge in [0.25, 0.3) is 5.91 Å². The Morgan fingerprint density at radius 1 is 1.13 bits per heavy atom. The number of ether oxygens (including phenoxy) is 1. The van der Waals surface area contributed by atoms with Gasteiger partial charge >= 0.3 is 0 Å². The minimum atomic E-state index is -0.403. The summed E-state index contributed by atoms with van der Waals surface area (Å²) < 4.78 is 32.3. The Hall–Kier alpha value is -1.79. The molecule has 0 aliphatic carbocycles. The first kappa shape index (κ1) is 16.1. The van der Waals surface area contributed by atoms with Crippen molar-refractivity contribution in [3.63, 3.8) is 0 Å². The second-order valence-corrected chi connectivity index (χ2v) is 6.14. The number of nitrogens with zero attached hydrogens (tertiary/aromatic N) is 1. The highest BCUT2D eigenvalue weighted by atomic mass is 79.9. The predicted octanol–water partition coefficient (Wildman–Crippen LogP) is 3.94. The molecule has 1 amide bonds. The third-order valence-electron chi connectivity index (χ3n) is 3.76. The molecular formula is C17H14BrF2NO2. The molecule has 0 spiro atoms. The first-order chi connectivity index (χ1) is 11.0. The van der Waals surface area contributed by atoms with E-state index in [2.05, 4.69) is 15.9 Å². The fourth-order valence-corrected chi connectivity index (χ4v) is 3.07. The molecule has 6 heteroatoms. The number of amides is 1. The van der Waals surface area contributed by atoms with Gasteiger partial charge in [0, 0.05) is 11.0 Å². The van der Waals surface area contributed by atoms with Gasteiger partial charge in [0.1, 0.15) is 17.7 Å². The number of rotatable bonds is 2. The zero-order chi connectivity index (χ0) is 16.4. The van der Waals surface area contributed by atoms with E-state index in [0.717, 1.165) is 5.56 Å². The monoisotopic (exact) mass is 381 g/mol. The third kappa shape index (κ3) is 3.59. The summed E-state index contributed by atoms with van der Waals surface area (Å²) in [6.45, 7) is 1.22. The van der Waals surface area contributed by atoms with E-state index in [1.165, 1.54) is 30.3 Å². The van der Waals surface area contributed by atoms with Crippen LogP contribution in [0.1, 0.15) is 22.0 Å². The zero-order valence-corrected chi connectivity index (χ0v) is 13.7. The molecule has 1 heterocycles. The molecule has 0 N–H and O–H groups in total. The molecular weight excluding hydrogens is 368 g/mol. The van der Waals surface area contributed by atoms with Crippen LogP contribution in [0.15, 0.2) is 46.9 Å². The van der Waals surface area contributed by atoms with Crippen molar-refractivity contribution in [2.45, 2.75) is 6.10 Å². The van der Waals surface area contributed by atoms with E-state index in [4.69, 9.17) is 4.74 Å². The molecule has 1 saturated heterocycles. The Morgan fingerprint density at radius 2 is 1.83 bits per heavy atom. The summed E-state index contributed by atoms with van der Waals surface area (Å²) in [5.41, 5.74) is 1.23. The first-order valence-electron chi connectivity index (χ1n) is 7.16. The van der Waals surface area contributed by atoms with Gasteiger partial charge in [-0.3, -0.25) is 4.79 Å². The van der Waals surface area contributed by atoms with Crippen molar-refractivity contribution in [2.75, 3.05) is 19.7 Å². The quantitative estimate of drug-likeness (QED) is 0.788. The fourth-order valence-electron chi connectivity index (χ4n) is 2.55. The van der Waals surface area contributed by atoms with Crippen LogP contribution in [-0.4, -0.2) is 30.5 Å². The fraction of sp³-hybridized carbons (Fsp3) is 0.235. The molecule has 23 heavy (non-hydrogen) atoms. The highest BCUT2D eigenvalue weighted by Crippen LogP contribution is 2.25. The summed E-state index contributed by atoms with van der Waals surface area (Å²) in [6.07, 6.45) is -0.299. The topological polar surface area (TPSA) is 29.5 Å². The molecule has 3 rings (SSSR count). The second kappa shape index (κ2) is 6.76. The normalized spacial score (nSPS) is 18.0. The average molecular weight is 382 g/mol. The summed E-state index contributed by atoms with van der Waals surface area (Å²) in [7, 11) is 0. The third-order valence-corrected chi connectivity index (χ3v) is 4.41. The van der Waals surface area contributed by atoms with Crippen LogP contribution >= 0.6 is 15.9 Å². The Morgan fingerprint density at radius 3 is 2.52 bits per heavy atom. The van der Waals surface area contributed by atoms with E-state index in [1.807, 2.05) is 0 Å². The average Bonchev–Trinajstić information content (AvgIpc) is 2.55. The summed E-state index contributed by atoms with van der Waals surface area (Å²) >= 11 is 3.22. The number of morpholine rings is 1. The maximum Gasteiger partial charge on any atom is 0.255 e. The number of carbonyl (C=O) groups is 1. The standard InChI is InChI=1S/C17H14BrF2NO2/c18-15-9-13(20)5-6-14(15)17(22)21-7-8-23-16(10-21)11-1-3-12(19)4-2-11/h1-6,9,16H,7-8,10H2. The molecule has 0 aromatic heterocycles. The van der Waals surface area contributed by atoms with Crippen molar-refractivity contribution >= 4 is 21.8 Å². The molecule has 120 valence electrons. The molecule has 1 atom stereocenters. The van der Waals surface area contributed by atoms with E-state index in [1.54, 1.807) is 17.0 Å². The van der Waals surface area contributed by atoms with Crippen LogP contribution in [0.3, 0.4) is 0 Å². The van der Waals surface area contributed by atoms with Gasteiger partial charge in [-0.2, -0.15) is 0 Å². The minimum Gasteiger partial charge on any atom is -0.370 e. The predicted molar refractivity (Wildman–Crippen MR) is 85.1 cm³/mol. The Bertz CT molecular complexity index is 721. The highest BCUT2D eigenvalue weighted by Gasteiger charge is 2.27. The van der Waals surface area contributed by atoms with Crippen LogP contribution in [0.2, 0.25) is 0 Å². The van der Waals surface area contributed by atoms with Crippen molar-refractivity contribution in [3.8, 4) is 0 Å². The SMILES string of the molecule is O=C(c1ccc(F)cc1Br)N1CCOC(c2ccc(F)cc2)C1. The summed E-state index contributed by atoms with van der Waals surface area (Å²) in [4.78, 5) is 14.3. The van der Waals surface area contributed by atoms with Gasteiger partial charge in [-0.25, -0.2) is 8.78 Å². The molecule has 0 saturated carbocycles. The van der Waals surface area contributed by atoms with E-state index < -0.39 is 5.82 Å². The Kier molecular flexibility index (Phi) is 4.73. The molecule has 1 aliphatic heterocycles. The molecule has 0 bridgehead atoms. The summed E-state index contributed by atoms with van der Waals surface area (Å²) in [6, 6.07) is 10.0. The highest BCUT2D eigenvalue weighted by molar-refractivity contribution is 9.10. The number of carbonyl (C=O) groups excluding carboxylic acids is 1. The van der Waals surface area contributed by atoms with Crippen LogP contribution in [0.5, 0.6) is 0 Å². The smallest absolute Gasteiger partial charge is 0.255 e. The van der Waals surface area contributed by atoms with E-state index in [9.17, 15) is 13.6 Å². The summed E-state index contributed by atoms with van der Waals surface area (Å²) in [5.74, 6) is -0.903. The number of halogens is 3. The first-order valence-corrected chi connectivity index (χ1v) is 7.95. The lowest BCUT2D eigenvalue weighted by molar-refractivity contribution is -0.0228. The zero-order valence-electron chi connectivity index (χ0n) is 12.1. The number of hydrogen-bond acceptors (Lipinski definition) is 2. The number of hydrogen-bond donors (Lipinski definition) is 0. The van der Waals surface area contributed by atoms with Crippen LogP contribution in [-0.2, 0) is 4.74 Å². The van der Waals surface area contributed by atoms with Crippen LogP contribution in [0, 0.1) is 11.6 Å². The summed E-state index contributed by atoms with van der Waals surface area (Å²) in [5, 5.41) is 0. The molecule has 1 aliphatic rings. The van der Waals surface area contributed by atoms with Crippen molar-refractivity contribution < 1.29 is 18.3 Å². The van der Waals surface area contributed by atoms with Crippen molar-refractivity contribution in [3.05, 3.63) is 69.7 Å². The largest absolute Gasteiger partial charge is 0.370 e. The molecule has 1 fully saturated rings. The molecule has 2 aromatic rings. The van der Waals surface area contributed by atoms with Crippen LogP contribution in [0.25, 0.3) is 0 Å². The van der Waals surface area contributed by atoms with E-state index in [0.29, 0.717) is 29.7 Å². The van der Waals surface area contributed by atoms with Gasteiger partial charge in [-0.1, -0.05) is 12.1 Å². The van der Waals surface area contributed by atoms with Crippen molar-refractivity contribution in [1.29, 1.82) is 0 Å². The second-order valence-electron chi connectivity index (χ2n) is 5.29. The lowest BCUT2D eigenvalue weighted by atomic mass is 10.1. The Labute approximate surface area is 141 Å². The van der Waals surface area contributed by atoms with E-state index >= 15 is 0 Å². The maximum absolute atomic E-state index is 13.2. The molecule has 3 nitrogen and oxygen atoms in total. The van der Waals surface area contributed by atoms with Gasteiger partial charge in [-0.05, 0) is 51.8 Å². The number of benzene rings is 2. The lowest BCUT2D eigenvalue weighted by Crippen LogP contribution is -2.42. The molecule has 1 unspecified atom stereocenters. The maximum atomic E-state index is 13.2. The van der Waals surface area contributed by atoms with E-state index in [-0.39, 0.29) is 17.8 Å². The van der Waals surface area contributed by atoms with Gasteiger partial charge < -0.3 is 9.64 Å². The molecule has 0 radical (unpaired) electrons. The minimum absolute atomic E-state index is 0.188.